The van der Waals surface area contributed by atoms with Crippen LogP contribution in [0.5, 0.6) is 0 Å². The largest absolute Gasteiger partial charge is 0.324 e. The summed E-state index contributed by atoms with van der Waals surface area (Å²) < 4.78 is 15.5. The summed E-state index contributed by atoms with van der Waals surface area (Å²) in [6.45, 7) is 2.16. The van der Waals surface area contributed by atoms with E-state index in [1.165, 1.54) is 12.1 Å². The maximum absolute atomic E-state index is 13.3. The normalized spacial score (nSPS) is 18.7. The fourth-order valence-electron chi connectivity index (χ4n) is 2.66. The van der Waals surface area contributed by atoms with Crippen molar-refractivity contribution < 1.29 is 4.39 Å². The van der Waals surface area contributed by atoms with E-state index in [1.54, 1.807) is 6.07 Å². The maximum atomic E-state index is 13.3. The molecule has 1 aliphatic rings. The molecule has 1 aliphatic heterocycles. The van der Waals surface area contributed by atoms with Crippen LogP contribution >= 0.6 is 11.6 Å². The monoisotopic (exact) mass is 264 g/mol. The molecule has 0 fully saturated rings. The van der Waals surface area contributed by atoms with Crippen LogP contribution in [-0.4, -0.2) is 9.55 Å². The minimum Gasteiger partial charge on any atom is -0.324 e. The molecule has 0 amide bonds. The summed E-state index contributed by atoms with van der Waals surface area (Å²) >= 11 is 6.19. The van der Waals surface area contributed by atoms with Gasteiger partial charge in [-0.25, -0.2) is 9.37 Å². The van der Waals surface area contributed by atoms with Gasteiger partial charge in [-0.2, -0.15) is 0 Å². The van der Waals surface area contributed by atoms with Crippen LogP contribution in [0.4, 0.5) is 4.39 Å². The van der Waals surface area contributed by atoms with Crippen molar-refractivity contribution in [2.45, 2.75) is 32.2 Å². The molecule has 1 aromatic heterocycles. The van der Waals surface area contributed by atoms with E-state index in [0.29, 0.717) is 11.2 Å². The van der Waals surface area contributed by atoms with E-state index >= 15 is 0 Å². The zero-order valence-electron chi connectivity index (χ0n) is 10.2. The van der Waals surface area contributed by atoms with Crippen LogP contribution in [0.2, 0.25) is 5.15 Å². The quantitative estimate of drug-likeness (QED) is 0.753. The summed E-state index contributed by atoms with van der Waals surface area (Å²) in [5, 5.41) is 0.556. The molecule has 2 nitrogen and oxygen atoms in total. The van der Waals surface area contributed by atoms with E-state index in [0.717, 1.165) is 36.3 Å². The first-order valence-corrected chi connectivity index (χ1v) is 6.57. The molecule has 1 unspecified atom stereocenters. The summed E-state index contributed by atoms with van der Waals surface area (Å²) in [6.07, 6.45) is 3.20. The van der Waals surface area contributed by atoms with Gasteiger partial charge in [0.15, 0.2) is 5.15 Å². The number of nitrogens with zero attached hydrogens (tertiary/aromatic N) is 2. The molecule has 2 heterocycles. The van der Waals surface area contributed by atoms with Gasteiger partial charge in [0.2, 0.25) is 0 Å². The fourth-order valence-corrected chi connectivity index (χ4v) is 2.93. The number of rotatable bonds is 1. The molecule has 1 aromatic carbocycles. The Balaban J connectivity index is 2.18. The molecule has 1 atom stereocenters. The van der Waals surface area contributed by atoms with Crippen LogP contribution in [-0.2, 0) is 6.42 Å². The predicted octanol–water partition coefficient (Wildman–Crippen LogP) is 4.24. The van der Waals surface area contributed by atoms with Crippen LogP contribution in [0, 0.1) is 5.82 Å². The van der Waals surface area contributed by atoms with Crippen molar-refractivity contribution in [1.82, 2.24) is 9.55 Å². The minimum atomic E-state index is -0.246. The first kappa shape index (κ1) is 11.7. The maximum Gasteiger partial charge on any atom is 0.150 e. The molecule has 0 aliphatic carbocycles. The first-order valence-electron chi connectivity index (χ1n) is 6.19. The third-order valence-corrected chi connectivity index (χ3v) is 3.82. The van der Waals surface area contributed by atoms with Crippen molar-refractivity contribution in [2.75, 3.05) is 0 Å². The molecule has 0 saturated heterocycles. The second-order valence-electron chi connectivity index (χ2n) is 4.79. The van der Waals surface area contributed by atoms with Crippen molar-refractivity contribution in [3.05, 3.63) is 40.9 Å². The van der Waals surface area contributed by atoms with E-state index in [-0.39, 0.29) is 5.82 Å². The highest BCUT2D eigenvalue weighted by Gasteiger charge is 2.24. The number of fused-ring (bicyclic) bond motifs is 1. The Morgan fingerprint density at radius 2 is 2.28 bits per heavy atom. The molecule has 3 rings (SSSR count). The van der Waals surface area contributed by atoms with E-state index in [1.807, 2.05) is 6.07 Å². The van der Waals surface area contributed by atoms with Gasteiger partial charge in [0.25, 0.3) is 0 Å². The van der Waals surface area contributed by atoms with Gasteiger partial charge in [0.1, 0.15) is 11.6 Å². The molecule has 18 heavy (non-hydrogen) atoms. The Hall–Kier alpha value is -1.35. The molecule has 4 heteroatoms. The Morgan fingerprint density at radius 3 is 3.06 bits per heavy atom. The topological polar surface area (TPSA) is 17.8 Å². The number of benzene rings is 1. The van der Waals surface area contributed by atoms with Crippen LogP contribution in [0.25, 0.3) is 11.4 Å². The molecule has 94 valence electrons. The Morgan fingerprint density at radius 1 is 1.44 bits per heavy atom. The van der Waals surface area contributed by atoms with Crippen LogP contribution in [0.15, 0.2) is 24.3 Å². The van der Waals surface area contributed by atoms with Gasteiger partial charge >= 0.3 is 0 Å². The van der Waals surface area contributed by atoms with E-state index in [2.05, 4.69) is 16.5 Å². The molecule has 0 bridgehead atoms. The van der Waals surface area contributed by atoms with Crippen LogP contribution in [0.3, 0.4) is 0 Å². The molecule has 0 radical (unpaired) electrons. The molecule has 0 N–H and O–H groups in total. The zero-order chi connectivity index (χ0) is 12.7. The third-order valence-electron chi connectivity index (χ3n) is 3.52. The van der Waals surface area contributed by atoms with Crippen molar-refractivity contribution in [1.29, 1.82) is 0 Å². The Kier molecular flexibility index (Phi) is 2.86. The summed E-state index contributed by atoms with van der Waals surface area (Å²) in [5.41, 5.74) is 1.87. The fraction of sp³-hybridized carbons (Fsp3) is 0.357. The van der Waals surface area contributed by atoms with E-state index < -0.39 is 0 Å². The highest BCUT2D eigenvalue weighted by molar-refractivity contribution is 6.30. The van der Waals surface area contributed by atoms with Gasteiger partial charge < -0.3 is 4.57 Å². The molecule has 0 spiro atoms. The smallest absolute Gasteiger partial charge is 0.150 e. The average molecular weight is 265 g/mol. The lowest BCUT2D eigenvalue weighted by Crippen LogP contribution is -2.15. The lowest BCUT2D eigenvalue weighted by atomic mass is 10.0. The SMILES string of the molecule is CC1CCCc2c(Cl)nc(-c3cccc(F)c3)n21. The highest BCUT2D eigenvalue weighted by Crippen LogP contribution is 2.35. The third kappa shape index (κ3) is 1.83. The second kappa shape index (κ2) is 4.39. The Bertz CT molecular complexity index is 591. The number of hydrogen-bond donors (Lipinski definition) is 0. The lowest BCUT2D eigenvalue weighted by molar-refractivity contribution is 0.436. The summed E-state index contributed by atoms with van der Waals surface area (Å²) in [6, 6.07) is 6.89. The van der Waals surface area contributed by atoms with Crippen molar-refractivity contribution in [3.63, 3.8) is 0 Å². The van der Waals surface area contributed by atoms with E-state index in [4.69, 9.17) is 11.6 Å². The summed E-state index contributed by atoms with van der Waals surface area (Å²) in [5.74, 6) is 0.533. The van der Waals surface area contributed by atoms with Gasteiger partial charge in [-0.15, -0.1) is 0 Å². The standard InChI is InChI=1S/C14H14ClFN2/c1-9-4-2-7-12-13(15)17-14(18(9)12)10-5-3-6-11(16)8-10/h3,5-6,8-9H,2,4,7H2,1H3. The number of hydrogen-bond acceptors (Lipinski definition) is 1. The van der Waals surface area contributed by atoms with Crippen LogP contribution < -0.4 is 0 Å². The first-order chi connectivity index (χ1) is 8.66. The predicted molar refractivity (Wildman–Crippen MR) is 70.3 cm³/mol. The Labute approximate surface area is 110 Å². The zero-order valence-corrected chi connectivity index (χ0v) is 10.9. The summed E-state index contributed by atoms with van der Waals surface area (Å²) in [4.78, 5) is 4.42. The lowest BCUT2D eigenvalue weighted by Gasteiger charge is -2.24. The molecular weight excluding hydrogens is 251 g/mol. The summed E-state index contributed by atoms with van der Waals surface area (Å²) in [7, 11) is 0. The minimum absolute atomic E-state index is 0.246. The number of aromatic nitrogens is 2. The highest BCUT2D eigenvalue weighted by atomic mass is 35.5. The van der Waals surface area contributed by atoms with Gasteiger partial charge in [-0.05, 0) is 38.3 Å². The van der Waals surface area contributed by atoms with Crippen molar-refractivity contribution >= 4 is 11.6 Å². The average Bonchev–Trinajstić information content (AvgIpc) is 2.69. The number of imidazole rings is 1. The second-order valence-corrected chi connectivity index (χ2v) is 5.15. The van der Waals surface area contributed by atoms with Gasteiger partial charge in [0.05, 0.1) is 5.69 Å². The number of halogens is 2. The molecular formula is C14H14ClFN2. The van der Waals surface area contributed by atoms with Gasteiger partial charge in [-0.3, -0.25) is 0 Å². The van der Waals surface area contributed by atoms with Crippen molar-refractivity contribution in [2.24, 2.45) is 0 Å². The molecule has 2 aromatic rings. The van der Waals surface area contributed by atoms with Gasteiger partial charge in [0, 0.05) is 11.6 Å². The molecule has 0 saturated carbocycles. The van der Waals surface area contributed by atoms with Gasteiger partial charge in [-0.1, -0.05) is 23.7 Å². The van der Waals surface area contributed by atoms with Crippen molar-refractivity contribution in [3.8, 4) is 11.4 Å². The van der Waals surface area contributed by atoms with E-state index in [9.17, 15) is 4.39 Å². The van der Waals surface area contributed by atoms with Crippen LogP contribution in [0.1, 0.15) is 31.5 Å².